The molecule has 0 aliphatic heterocycles. The predicted molar refractivity (Wildman–Crippen MR) is 84.8 cm³/mol. The number of nitrogens with zero attached hydrogens (tertiary/aromatic N) is 2. The van der Waals surface area contributed by atoms with Crippen LogP contribution >= 0.6 is 11.3 Å². The first-order valence-corrected chi connectivity index (χ1v) is 8.08. The Labute approximate surface area is 139 Å². The summed E-state index contributed by atoms with van der Waals surface area (Å²) in [6, 6.07) is 4.44. The van der Waals surface area contributed by atoms with E-state index in [2.05, 4.69) is 10.3 Å². The van der Waals surface area contributed by atoms with Crippen LogP contribution in [-0.4, -0.2) is 15.3 Å². The Balaban J connectivity index is 1.66. The van der Waals surface area contributed by atoms with Gasteiger partial charge in [0.1, 0.15) is 0 Å². The summed E-state index contributed by atoms with van der Waals surface area (Å²) in [5.41, 5.74) is 0.301. The summed E-state index contributed by atoms with van der Waals surface area (Å²) in [6.45, 7) is 1.65. The zero-order valence-electron chi connectivity index (χ0n) is 12.7. The smallest absolute Gasteiger partial charge is 0.349 e. The normalized spacial score (nSPS) is 13.2. The highest BCUT2D eigenvalue weighted by atomic mass is 32.1. The third-order valence-corrected chi connectivity index (χ3v) is 4.35. The lowest BCUT2D eigenvalue weighted by Gasteiger charge is -2.16. The van der Waals surface area contributed by atoms with Crippen molar-refractivity contribution in [3.8, 4) is 0 Å². The number of benzene rings is 1. The molecule has 3 rings (SSSR count). The first-order valence-electron chi connectivity index (χ1n) is 7.20. The van der Waals surface area contributed by atoms with Crippen molar-refractivity contribution in [2.45, 2.75) is 25.6 Å². The predicted octanol–water partition coefficient (Wildman–Crippen LogP) is 3.83. The van der Waals surface area contributed by atoms with Gasteiger partial charge >= 0.3 is 6.18 Å². The number of aromatic nitrogens is 2. The number of imidazole rings is 1. The van der Waals surface area contributed by atoms with Gasteiger partial charge < -0.3 is 5.32 Å². The number of thiazole rings is 1. The monoisotopic (exact) mass is 353 g/mol. The van der Waals surface area contributed by atoms with Crippen molar-refractivity contribution >= 4 is 22.2 Å². The van der Waals surface area contributed by atoms with Crippen LogP contribution in [0.15, 0.2) is 42.0 Å². The molecule has 0 radical (unpaired) electrons. The van der Waals surface area contributed by atoms with Crippen molar-refractivity contribution in [2.24, 2.45) is 0 Å². The average Bonchev–Trinajstić information content (AvgIpc) is 3.07. The van der Waals surface area contributed by atoms with Gasteiger partial charge in [-0.3, -0.25) is 9.20 Å². The Hall–Kier alpha value is -2.35. The van der Waals surface area contributed by atoms with Gasteiger partial charge in [-0.1, -0.05) is 12.1 Å². The highest BCUT2D eigenvalue weighted by Crippen LogP contribution is 2.30. The van der Waals surface area contributed by atoms with Crippen molar-refractivity contribution in [1.29, 1.82) is 0 Å². The molecule has 1 amide bonds. The van der Waals surface area contributed by atoms with Crippen molar-refractivity contribution in [2.75, 3.05) is 0 Å². The lowest BCUT2D eigenvalue weighted by molar-refractivity contribution is -0.137. The number of rotatable bonds is 4. The minimum Gasteiger partial charge on any atom is -0.349 e. The fourth-order valence-electron chi connectivity index (χ4n) is 2.39. The summed E-state index contributed by atoms with van der Waals surface area (Å²) in [5, 5.41) is 4.60. The summed E-state index contributed by atoms with van der Waals surface area (Å²) < 4.78 is 40.1. The largest absolute Gasteiger partial charge is 0.416 e. The zero-order chi connectivity index (χ0) is 17.3. The van der Waals surface area contributed by atoms with Gasteiger partial charge in [0.05, 0.1) is 23.7 Å². The molecule has 0 saturated carbocycles. The first kappa shape index (κ1) is 16.5. The lowest BCUT2D eigenvalue weighted by atomic mass is 10.0. The van der Waals surface area contributed by atoms with Crippen molar-refractivity contribution < 1.29 is 18.0 Å². The molecule has 24 heavy (non-hydrogen) atoms. The van der Waals surface area contributed by atoms with Gasteiger partial charge in [-0.05, 0) is 24.6 Å². The van der Waals surface area contributed by atoms with Crippen LogP contribution in [0.4, 0.5) is 13.2 Å². The van der Waals surface area contributed by atoms with Crippen molar-refractivity contribution in [3.63, 3.8) is 0 Å². The summed E-state index contributed by atoms with van der Waals surface area (Å²) in [4.78, 5) is 17.2. The molecule has 0 spiro atoms. The second kappa shape index (κ2) is 6.27. The maximum absolute atomic E-state index is 12.8. The number of carbonyl (C=O) groups is 1. The number of halogens is 3. The molecule has 2 aromatic heterocycles. The Bertz CT molecular complexity index is 840. The lowest BCUT2D eigenvalue weighted by Crippen LogP contribution is -2.28. The molecule has 0 saturated heterocycles. The van der Waals surface area contributed by atoms with E-state index >= 15 is 0 Å². The quantitative estimate of drug-likeness (QED) is 0.775. The van der Waals surface area contributed by atoms with Crippen LogP contribution in [0.1, 0.15) is 29.8 Å². The minimum atomic E-state index is -4.40. The molecule has 3 aromatic rings. The van der Waals surface area contributed by atoms with Gasteiger partial charge in [-0.2, -0.15) is 13.2 Å². The Morgan fingerprint density at radius 3 is 2.92 bits per heavy atom. The molecule has 0 bridgehead atoms. The van der Waals surface area contributed by atoms with E-state index in [1.807, 2.05) is 16.0 Å². The molecular formula is C16H14F3N3OS. The van der Waals surface area contributed by atoms with Crippen LogP contribution in [0.5, 0.6) is 0 Å². The molecule has 0 aliphatic carbocycles. The van der Waals surface area contributed by atoms with E-state index in [1.54, 1.807) is 19.2 Å². The second-order valence-electron chi connectivity index (χ2n) is 5.41. The summed E-state index contributed by atoms with van der Waals surface area (Å²) in [5.74, 6) is -0.286. The SMILES string of the molecule is C[C@H](NC(=O)Cc1cn2ccsc2n1)c1cccc(C(F)(F)F)c1. The van der Waals surface area contributed by atoms with E-state index in [-0.39, 0.29) is 12.3 Å². The van der Waals surface area contributed by atoms with E-state index in [0.717, 1.165) is 17.1 Å². The van der Waals surface area contributed by atoms with Crippen LogP contribution in [-0.2, 0) is 17.4 Å². The molecule has 1 aromatic carbocycles. The topological polar surface area (TPSA) is 46.4 Å². The van der Waals surface area contributed by atoms with E-state index < -0.39 is 17.8 Å². The second-order valence-corrected chi connectivity index (χ2v) is 6.29. The third-order valence-electron chi connectivity index (χ3n) is 3.58. The Morgan fingerprint density at radius 1 is 1.42 bits per heavy atom. The summed E-state index contributed by atoms with van der Waals surface area (Å²) in [6.07, 6.45) is -0.709. The molecule has 8 heteroatoms. The summed E-state index contributed by atoms with van der Waals surface area (Å²) >= 11 is 1.46. The Kier molecular flexibility index (Phi) is 4.31. The fraction of sp³-hybridized carbons (Fsp3) is 0.250. The molecule has 0 aliphatic rings. The van der Waals surface area contributed by atoms with Gasteiger partial charge in [-0.25, -0.2) is 4.98 Å². The number of amides is 1. The van der Waals surface area contributed by atoms with Gasteiger partial charge in [0.25, 0.3) is 0 Å². The van der Waals surface area contributed by atoms with Gasteiger partial charge in [0.2, 0.25) is 5.91 Å². The van der Waals surface area contributed by atoms with Crippen LogP contribution in [0.3, 0.4) is 0 Å². The molecule has 126 valence electrons. The molecule has 1 atom stereocenters. The minimum absolute atomic E-state index is 0.0811. The van der Waals surface area contributed by atoms with Crippen molar-refractivity contribution in [1.82, 2.24) is 14.7 Å². The summed E-state index contributed by atoms with van der Waals surface area (Å²) in [7, 11) is 0. The van der Waals surface area contributed by atoms with Crippen LogP contribution < -0.4 is 5.32 Å². The number of hydrogen-bond acceptors (Lipinski definition) is 3. The maximum Gasteiger partial charge on any atom is 0.416 e. The van der Waals surface area contributed by atoms with Crippen LogP contribution in [0.25, 0.3) is 4.96 Å². The third kappa shape index (κ3) is 3.59. The van der Waals surface area contributed by atoms with E-state index in [0.29, 0.717) is 11.3 Å². The van der Waals surface area contributed by atoms with Crippen LogP contribution in [0.2, 0.25) is 0 Å². The molecule has 2 heterocycles. The molecule has 0 fully saturated rings. The molecule has 1 N–H and O–H groups in total. The van der Waals surface area contributed by atoms with Crippen molar-refractivity contribution in [3.05, 3.63) is 58.9 Å². The maximum atomic E-state index is 12.8. The number of nitrogens with one attached hydrogen (secondary N) is 1. The van der Waals surface area contributed by atoms with Crippen LogP contribution in [0, 0.1) is 0 Å². The van der Waals surface area contributed by atoms with E-state index in [4.69, 9.17) is 0 Å². The Morgan fingerprint density at radius 2 is 2.21 bits per heavy atom. The number of carbonyl (C=O) groups excluding carboxylic acids is 1. The highest BCUT2D eigenvalue weighted by molar-refractivity contribution is 7.15. The zero-order valence-corrected chi connectivity index (χ0v) is 13.5. The molecule has 0 unspecified atom stereocenters. The first-order chi connectivity index (χ1) is 11.3. The van der Waals surface area contributed by atoms with Gasteiger partial charge in [0, 0.05) is 17.8 Å². The van der Waals surface area contributed by atoms with Gasteiger partial charge in [-0.15, -0.1) is 11.3 Å². The number of alkyl halides is 3. The average molecular weight is 353 g/mol. The fourth-order valence-corrected chi connectivity index (χ4v) is 3.10. The molecular weight excluding hydrogens is 339 g/mol. The van der Waals surface area contributed by atoms with E-state index in [1.165, 1.54) is 17.4 Å². The van der Waals surface area contributed by atoms with E-state index in [9.17, 15) is 18.0 Å². The molecule has 4 nitrogen and oxygen atoms in total. The number of fused-ring (bicyclic) bond motifs is 1. The number of hydrogen-bond donors (Lipinski definition) is 1. The van der Waals surface area contributed by atoms with Gasteiger partial charge in [0.15, 0.2) is 4.96 Å². The standard InChI is InChI=1S/C16H14F3N3OS/c1-10(11-3-2-4-12(7-11)16(17,18)19)20-14(23)8-13-9-22-5-6-24-15(22)21-13/h2-7,9-10H,8H2,1H3,(H,20,23)/t10-/m0/s1. The highest BCUT2D eigenvalue weighted by Gasteiger charge is 2.30.